The Balaban J connectivity index is 2.80. The highest BCUT2D eigenvalue weighted by molar-refractivity contribution is 5.86. The van der Waals surface area contributed by atoms with Gasteiger partial charge in [0, 0.05) is 10.9 Å². The van der Waals surface area contributed by atoms with Crippen LogP contribution in [0.2, 0.25) is 0 Å². The van der Waals surface area contributed by atoms with E-state index in [4.69, 9.17) is 4.42 Å². The third kappa shape index (κ3) is 2.13. The largest absolute Gasteiger partial charge is 0.504 e. The van der Waals surface area contributed by atoms with Crippen molar-refractivity contribution in [2.75, 3.05) is 0 Å². The zero-order chi connectivity index (χ0) is 13.1. The maximum Gasteiger partial charge on any atom is 0.339 e. The molecule has 1 aromatic carbocycles. The monoisotopic (exact) mass is 246 g/mol. The maximum atomic E-state index is 12.0. The van der Waals surface area contributed by atoms with Gasteiger partial charge in [-0.2, -0.15) is 0 Å². The van der Waals surface area contributed by atoms with Crippen LogP contribution in [0.3, 0.4) is 0 Å². The fraction of sp³-hybridized carbons (Fsp3) is 0.400. The molecule has 0 saturated heterocycles. The van der Waals surface area contributed by atoms with Crippen molar-refractivity contribution in [1.82, 2.24) is 0 Å². The summed E-state index contributed by atoms with van der Waals surface area (Å²) in [5.41, 5.74) is 1.79. The first-order valence-corrected chi connectivity index (χ1v) is 6.45. The van der Waals surface area contributed by atoms with E-state index in [1.807, 2.05) is 13.0 Å². The average Bonchev–Trinajstić information content (AvgIpc) is 2.35. The van der Waals surface area contributed by atoms with Crippen LogP contribution in [-0.2, 0) is 12.8 Å². The summed E-state index contributed by atoms with van der Waals surface area (Å²) in [4.78, 5) is 12.0. The zero-order valence-corrected chi connectivity index (χ0v) is 10.8. The van der Waals surface area contributed by atoms with Gasteiger partial charge in [0.2, 0.25) is 0 Å². The molecule has 0 fully saturated rings. The quantitative estimate of drug-likeness (QED) is 0.841. The van der Waals surface area contributed by atoms with Gasteiger partial charge < -0.3 is 9.52 Å². The van der Waals surface area contributed by atoms with Gasteiger partial charge >= 0.3 is 5.63 Å². The van der Waals surface area contributed by atoms with Crippen molar-refractivity contribution in [3.63, 3.8) is 0 Å². The second kappa shape index (κ2) is 5.25. The van der Waals surface area contributed by atoms with Crippen LogP contribution in [0.5, 0.6) is 5.75 Å². The van der Waals surface area contributed by atoms with Crippen LogP contribution in [0.25, 0.3) is 11.0 Å². The lowest BCUT2D eigenvalue weighted by Crippen LogP contribution is -2.12. The molecule has 0 bridgehead atoms. The Bertz CT molecular complexity index is 611. The molecule has 3 nitrogen and oxygen atoms in total. The Morgan fingerprint density at radius 3 is 2.44 bits per heavy atom. The van der Waals surface area contributed by atoms with Crippen LogP contribution in [0.4, 0.5) is 0 Å². The summed E-state index contributed by atoms with van der Waals surface area (Å²) >= 11 is 0. The molecule has 0 radical (unpaired) electrons. The third-order valence-corrected chi connectivity index (χ3v) is 3.12. The van der Waals surface area contributed by atoms with E-state index in [0.717, 1.165) is 42.2 Å². The van der Waals surface area contributed by atoms with E-state index < -0.39 is 0 Å². The van der Waals surface area contributed by atoms with Crippen LogP contribution in [0, 0.1) is 0 Å². The first-order valence-electron chi connectivity index (χ1n) is 6.45. The fourth-order valence-corrected chi connectivity index (χ4v) is 2.35. The molecule has 0 amide bonds. The summed E-state index contributed by atoms with van der Waals surface area (Å²) in [6, 6.07) is 5.23. The van der Waals surface area contributed by atoms with Crippen LogP contribution in [-0.4, -0.2) is 5.11 Å². The highest BCUT2D eigenvalue weighted by atomic mass is 16.4. The van der Waals surface area contributed by atoms with Gasteiger partial charge in [-0.3, -0.25) is 0 Å². The minimum Gasteiger partial charge on any atom is -0.504 e. The van der Waals surface area contributed by atoms with Gasteiger partial charge in [-0.05, 0) is 24.5 Å². The summed E-state index contributed by atoms with van der Waals surface area (Å²) in [5.74, 6) is 0.0324. The van der Waals surface area contributed by atoms with Crippen LogP contribution in [0.15, 0.2) is 27.4 Å². The van der Waals surface area contributed by atoms with Crippen molar-refractivity contribution >= 4 is 11.0 Å². The van der Waals surface area contributed by atoms with Gasteiger partial charge in [-0.25, -0.2) is 4.79 Å². The number of para-hydroxylation sites is 1. The highest BCUT2D eigenvalue weighted by Crippen LogP contribution is 2.28. The molecule has 0 atom stereocenters. The molecule has 2 aromatic rings. The highest BCUT2D eigenvalue weighted by Gasteiger charge is 2.14. The molecule has 0 unspecified atom stereocenters. The Kier molecular flexibility index (Phi) is 3.70. The first kappa shape index (κ1) is 12.7. The SMILES string of the molecule is CCCc1c(CCC)c2cccc(O)c2oc1=O. The molecule has 0 saturated carbocycles. The minimum atomic E-state index is -0.311. The van der Waals surface area contributed by atoms with Gasteiger partial charge in [0.15, 0.2) is 11.3 Å². The molecule has 0 aliphatic carbocycles. The van der Waals surface area contributed by atoms with Crippen molar-refractivity contribution < 1.29 is 9.52 Å². The second-order valence-corrected chi connectivity index (χ2v) is 4.50. The van der Waals surface area contributed by atoms with E-state index in [9.17, 15) is 9.90 Å². The zero-order valence-electron chi connectivity index (χ0n) is 10.8. The molecule has 1 heterocycles. The lowest BCUT2D eigenvalue weighted by Gasteiger charge is -2.10. The molecule has 0 aliphatic heterocycles. The lowest BCUT2D eigenvalue weighted by molar-refractivity contribution is 0.454. The van der Waals surface area contributed by atoms with Gasteiger partial charge in [0.05, 0.1) is 0 Å². The summed E-state index contributed by atoms with van der Waals surface area (Å²) in [5, 5.41) is 10.6. The number of hydrogen-bond acceptors (Lipinski definition) is 3. The van der Waals surface area contributed by atoms with Gasteiger partial charge in [-0.15, -0.1) is 0 Å². The number of aromatic hydroxyl groups is 1. The number of phenols is 1. The normalized spacial score (nSPS) is 11.0. The molecular weight excluding hydrogens is 228 g/mol. The number of phenolic OH excluding ortho intramolecular Hbond substituents is 1. The van der Waals surface area contributed by atoms with Crippen molar-refractivity contribution in [2.45, 2.75) is 39.5 Å². The van der Waals surface area contributed by atoms with E-state index in [1.54, 1.807) is 12.1 Å². The summed E-state index contributed by atoms with van der Waals surface area (Å²) in [6.07, 6.45) is 3.43. The Labute approximate surface area is 106 Å². The summed E-state index contributed by atoms with van der Waals surface area (Å²) in [7, 11) is 0. The molecule has 0 spiro atoms. The maximum absolute atomic E-state index is 12.0. The van der Waals surface area contributed by atoms with E-state index in [-0.39, 0.29) is 11.4 Å². The predicted octanol–water partition coefficient (Wildman–Crippen LogP) is 3.40. The molecule has 3 heteroatoms. The standard InChI is InChI=1S/C15H18O3/c1-3-6-10-11-8-5-9-13(16)14(11)18-15(17)12(10)7-4-2/h5,8-9,16H,3-4,6-7H2,1-2H3. The van der Waals surface area contributed by atoms with Gasteiger partial charge in [-0.1, -0.05) is 38.8 Å². The second-order valence-electron chi connectivity index (χ2n) is 4.50. The first-order chi connectivity index (χ1) is 8.69. The predicted molar refractivity (Wildman–Crippen MR) is 72.1 cm³/mol. The molecule has 0 aliphatic rings. The molecule has 96 valence electrons. The number of hydrogen-bond donors (Lipinski definition) is 1. The van der Waals surface area contributed by atoms with Crippen LogP contribution in [0.1, 0.15) is 37.8 Å². The van der Waals surface area contributed by atoms with Crippen LogP contribution < -0.4 is 5.63 Å². The van der Waals surface area contributed by atoms with E-state index in [1.165, 1.54) is 0 Å². The van der Waals surface area contributed by atoms with Crippen molar-refractivity contribution in [3.8, 4) is 5.75 Å². The number of rotatable bonds is 4. The smallest absolute Gasteiger partial charge is 0.339 e. The van der Waals surface area contributed by atoms with Gasteiger partial charge in [0.25, 0.3) is 0 Å². The Hall–Kier alpha value is -1.77. The Morgan fingerprint density at radius 2 is 1.78 bits per heavy atom. The van der Waals surface area contributed by atoms with Crippen molar-refractivity contribution in [1.29, 1.82) is 0 Å². The Morgan fingerprint density at radius 1 is 1.11 bits per heavy atom. The number of benzene rings is 1. The van der Waals surface area contributed by atoms with E-state index in [2.05, 4.69) is 6.92 Å². The third-order valence-electron chi connectivity index (χ3n) is 3.12. The van der Waals surface area contributed by atoms with Crippen molar-refractivity contribution in [3.05, 3.63) is 39.7 Å². The molecule has 1 aromatic heterocycles. The minimum absolute atomic E-state index is 0.0324. The summed E-state index contributed by atoms with van der Waals surface area (Å²) < 4.78 is 5.26. The van der Waals surface area contributed by atoms with Crippen molar-refractivity contribution in [2.24, 2.45) is 0 Å². The fourth-order valence-electron chi connectivity index (χ4n) is 2.35. The number of aryl methyl sites for hydroxylation is 1. The topological polar surface area (TPSA) is 50.4 Å². The number of fused-ring (bicyclic) bond motifs is 1. The molecule has 1 N–H and O–H groups in total. The summed E-state index contributed by atoms with van der Waals surface area (Å²) in [6.45, 7) is 4.13. The molecule has 2 rings (SSSR count). The molecule has 18 heavy (non-hydrogen) atoms. The van der Waals surface area contributed by atoms with Gasteiger partial charge in [0.1, 0.15) is 0 Å². The molecular formula is C15H18O3. The average molecular weight is 246 g/mol. The van der Waals surface area contributed by atoms with E-state index >= 15 is 0 Å². The van der Waals surface area contributed by atoms with E-state index in [0.29, 0.717) is 5.58 Å². The lowest BCUT2D eigenvalue weighted by atomic mass is 9.97. The van der Waals surface area contributed by atoms with Crippen LogP contribution >= 0.6 is 0 Å².